The maximum Gasteiger partial charge on any atom is 0.254 e. The first-order valence-corrected chi connectivity index (χ1v) is 7.60. The largest absolute Gasteiger partial charge is 0.369 e. The van der Waals surface area contributed by atoms with E-state index in [4.69, 9.17) is 4.74 Å². The molecule has 2 rings (SSSR count). The molecular weight excluding hydrogens is 240 g/mol. The number of ether oxygens (including phenoxy) is 1. The number of hydrogen-bond donors (Lipinski definition) is 1. The molecule has 2 unspecified atom stereocenters. The van der Waals surface area contributed by atoms with Crippen LogP contribution in [0.1, 0.15) is 46.0 Å². The van der Waals surface area contributed by atoms with Gasteiger partial charge in [-0.3, -0.25) is 4.79 Å². The molecule has 2 saturated heterocycles. The Morgan fingerprint density at radius 2 is 2.16 bits per heavy atom. The Hall–Kier alpha value is -0.610. The highest BCUT2D eigenvalue weighted by atomic mass is 16.5. The Balaban J connectivity index is 2.06. The van der Waals surface area contributed by atoms with Gasteiger partial charge < -0.3 is 15.0 Å². The van der Waals surface area contributed by atoms with Gasteiger partial charge >= 0.3 is 0 Å². The van der Waals surface area contributed by atoms with Gasteiger partial charge in [0.2, 0.25) is 0 Å². The van der Waals surface area contributed by atoms with Crippen molar-refractivity contribution in [1.29, 1.82) is 0 Å². The Morgan fingerprint density at radius 3 is 2.74 bits per heavy atom. The summed E-state index contributed by atoms with van der Waals surface area (Å²) in [5, 5.41) is 3.50. The number of carbonyl (C=O) groups is 1. The van der Waals surface area contributed by atoms with E-state index >= 15 is 0 Å². The van der Waals surface area contributed by atoms with E-state index in [2.05, 4.69) is 5.32 Å². The molecule has 19 heavy (non-hydrogen) atoms. The molecule has 4 heteroatoms. The van der Waals surface area contributed by atoms with Crippen LogP contribution in [0.25, 0.3) is 0 Å². The number of nitrogens with one attached hydrogen (secondary N) is 1. The second kappa shape index (κ2) is 5.80. The molecule has 0 radical (unpaired) electrons. The predicted octanol–water partition coefficient (Wildman–Crippen LogP) is 1.79. The summed E-state index contributed by atoms with van der Waals surface area (Å²) in [6, 6.07) is 0. The average molecular weight is 268 g/mol. The molecule has 1 N–H and O–H groups in total. The molecule has 2 aliphatic rings. The van der Waals surface area contributed by atoms with E-state index in [1.807, 2.05) is 18.7 Å². The molecule has 0 aromatic heterocycles. The number of likely N-dealkylation sites (tertiary alicyclic amines) is 1. The molecule has 2 fully saturated rings. The highest BCUT2D eigenvalue weighted by molar-refractivity contribution is 5.85. The minimum Gasteiger partial charge on any atom is -0.369 e. The third kappa shape index (κ3) is 2.95. The Labute approximate surface area is 116 Å². The lowest BCUT2D eigenvalue weighted by atomic mass is 9.74. The van der Waals surface area contributed by atoms with Crippen LogP contribution < -0.4 is 5.32 Å². The lowest BCUT2D eigenvalue weighted by Gasteiger charge is -2.47. The van der Waals surface area contributed by atoms with Crippen molar-refractivity contribution in [3.05, 3.63) is 0 Å². The lowest BCUT2D eigenvalue weighted by Crippen LogP contribution is -2.57. The SMILES string of the molecule is CCC(C)(OC)C(=O)N1CCCC2(CCCNC2)C1. The topological polar surface area (TPSA) is 41.6 Å². The van der Waals surface area contributed by atoms with Crippen molar-refractivity contribution >= 4 is 5.91 Å². The number of hydrogen-bond acceptors (Lipinski definition) is 3. The zero-order chi connectivity index (χ0) is 13.9. The number of methoxy groups -OCH3 is 1. The van der Waals surface area contributed by atoms with Crippen molar-refractivity contribution in [1.82, 2.24) is 10.2 Å². The van der Waals surface area contributed by atoms with Gasteiger partial charge in [-0.25, -0.2) is 0 Å². The molecule has 1 amide bonds. The number of amides is 1. The van der Waals surface area contributed by atoms with Gasteiger partial charge in [0.1, 0.15) is 5.60 Å². The van der Waals surface area contributed by atoms with Gasteiger partial charge in [-0.05, 0) is 45.6 Å². The van der Waals surface area contributed by atoms with Crippen LogP contribution in [0.2, 0.25) is 0 Å². The van der Waals surface area contributed by atoms with Crippen LogP contribution >= 0.6 is 0 Å². The maximum absolute atomic E-state index is 12.7. The highest BCUT2D eigenvalue weighted by Crippen LogP contribution is 2.37. The van der Waals surface area contributed by atoms with Gasteiger partial charge in [-0.1, -0.05) is 6.92 Å². The first-order chi connectivity index (χ1) is 9.05. The summed E-state index contributed by atoms with van der Waals surface area (Å²) in [7, 11) is 1.64. The normalized spacial score (nSPS) is 31.2. The fraction of sp³-hybridized carbons (Fsp3) is 0.933. The molecule has 2 heterocycles. The molecular formula is C15H28N2O2. The second-order valence-electron chi connectivity index (χ2n) is 6.40. The molecule has 2 aliphatic heterocycles. The summed E-state index contributed by atoms with van der Waals surface area (Å²) >= 11 is 0. The van der Waals surface area contributed by atoms with Crippen molar-refractivity contribution in [3.8, 4) is 0 Å². The van der Waals surface area contributed by atoms with Crippen molar-refractivity contribution < 1.29 is 9.53 Å². The van der Waals surface area contributed by atoms with Crippen LogP contribution in [-0.4, -0.2) is 49.7 Å². The second-order valence-corrected chi connectivity index (χ2v) is 6.40. The molecule has 4 nitrogen and oxygen atoms in total. The molecule has 0 bridgehead atoms. The van der Waals surface area contributed by atoms with Crippen molar-refractivity contribution in [2.75, 3.05) is 33.3 Å². The summed E-state index contributed by atoms with van der Waals surface area (Å²) < 4.78 is 5.47. The Kier molecular flexibility index (Phi) is 4.51. The third-order valence-electron chi connectivity index (χ3n) is 5.09. The minimum absolute atomic E-state index is 0.169. The van der Waals surface area contributed by atoms with Crippen molar-refractivity contribution in [3.63, 3.8) is 0 Å². The van der Waals surface area contributed by atoms with E-state index < -0.39 is 5.60 Å². The maximum atomic E-state index is 12.7. The van der Waals surface area contributed by atoms with E-state index in [-0.39, 0.29) is 5.91 Å². The van der Waals surface area contributed by atoms with E-state index in [0.717, 1.165) is 39.0 Å². The highest BCUT2D eigenvalue weighted by Gasteiger charge is 2.42. The number of rotatable bonds is 3. The Bertz CT molecular complexity index is 315. The minimum atomic E-state index is -0.652. The molecule has 1 spiro atoms. The van der Waals surface area contributed by atoms with Gasteiger partial charge in [0.05, 0.1) is 0 Å². The van der Waals surface area contributed by atoms with Crippen LogP contribution in [-0.2, 0) is 9.53 Å². The number of nitrogens with zero attached hydrogens (tertiary/aromatic N) is 1. The third-order valence-corrected chi connectivity index (χ3v) is 5.09. The van der Waals surface area contributed by atoms with Gasteiger partial charge in [-0.15, -0.1) is 0 Å². The molecule has 110 valence electrons. The van der Waals surface area contributed by atoms with Gasteiger partial charge in [0.25, 0.3) is 5.91 Å². The van der Waals surface area contributed by atoms with Crippen LogP contribution in [0.5, 0.6) is 0 Å². The van der Waals surface area contributed by atoms with Crippen molar-refractivity contribution in [2.45, 2.75) is 51.6 Å². The number of piperidine rings is 2. The van der Waals surface area contributed by atoms with Crippen LogP contribution in [0.15, 0.2) is 0 Å². The van der Waals surface area contributed by atoms with Gasteiger partial charge in [-0.2, -0.15) is 0 Å². The molecule has 0 saturated carbocycles. The summed E-state index contributed by atoms with van der Waals surface area (Å²) in [4.78, 5) is 14.7. The van der Waals surface area contributed by atoms with E-state index in [0.29, 0.717) is 5.41 Å². The van der Waals surface area contributed by atoms with E-state index in [1.165, 1.54) is 19.3 Å². The predicted molar refractivity (Wildman–Crippen MR) is 76.1 cm³/mol. The first kappa shape index (κ1) is 14.8. The van der Waals surface area contributed by atoms with Crippen LogP contribution in [0.3, 0.4) is 0 Å². The molecule has 0 aromatic rings. The number of carbonyl (C=O) groups excluding carboxylic acids is 1. The standard InChI is InChI=1S/C15H28N2O2/c1-4-14(2,19-3)13(18)17-10-6-8-15(12-17)7-5-9-16-11-15/h16H,4-12H2,1-3H3. The first-order valence-electron chi connectivity index (χ1n) is 7.60. The molecule has 2 atom stereocenters. The van der Waals surface area contributed by atoms with E-state index in [1.54, 1.807) is 7.11 Å². The average Bonchev–Trinajstić information content (AvgIpc) is 2.46. The van der Waals surface area contributed by atoms with Gasteiger partial charge in [0.15, 0.2) is 0 Å². The van der Waals surface area contributed by atoms with Gasteiger partial charge in [0, 0.05) is 32.2 Å². The smallest absolute Gasteiger partial charge is 0.254 e. The quantitative estimate of drug-likeness (QED) is 0.848. The van der Waals surface area contributed by atoms with Crippen LogP contribution in [0.4, 0.5) is 0 Å². The summed E-state index contributed by atoms with van der Waals surface area (Å²) in [5.41, 5.74) is -0.338. The zero-order valence-electron chi connectivity index (χ0n) is 12.6. The summed E-state index contributed by atoms with van der Waals surface area (Å²) in [6.45, 7) is 7.91. The fourth-order valence-corrected chi connectivity index (χ4v) is 3.48. The summed E-state index contributed by atoms with van der Waals surface area (Å²) in [6.07, 6.45) is 5.58. The Morgan fingerprint density at radius 1 is 1.42 bits per heavy atom. The monoisotopic (exact) mass is 268 g/mol. The molecule has 0 aromatic carbocycles. The van der Waals surface area contributed by atoms with E-state index in [9.17, 15) is 4.79 Å². The zero-order valence-corrected chi connectivity index (χ0v) is 12.6. The van der Waals surface area contributed by atoms with Crippen molar-refractivity contribution in [2.24, 2.45) is 5.41 Å². The lowest BCUT2D eigenvalue weighted by molar-refractivity contribution is -0.157. The fourth-order valence-electron chi connectivity index (χ4n) is 3.48. The molecule has 0 aliphatic carbocycles. The summed E-state index contributed by atoms with van der Waals surface area (Å²) in [5.74, 6) is 0.169. The van der Waals surface area contributed by atoms with Crippen LogP contribution in [0, 0.1) is 5.41 Å².